The molecule has 0 saturated carbocycles. The maximum Gasteiger partial charge on any atom is 0.291 e. The molecule has 4 rings (SSSR count). The summed E-state index contributed by atoms with van der Waals surface area (Å²) >= 11 is 0. The number of nitrogens with zero attached hydrogens (tertiary/aromatic N) is 1. The van der Waals surface area contributed by atoms with Crippen LogP contribution in [0.25, 0.3) is 11.6 Å². The third-order valence-electron chi connectivity index (χ3n) is 6.28. The van der Waals surface area contributed by atoms with Crippen molar-refractivity contribution in [3.05, 3.63) is 46.0 Å². The number of hydrogen-bond acceptors (Lipinski definition) is 5. The number of fused-ring (bicyclic) bond motifs is 2. The lowest BCUT2D eigenvalue weighted by Crippen LogP contribution is -2.37. The van der Waals surface area contributed by atoms with E-state index >= 15 is 0 Å². The minimum atomic E-state index is -0.948. The van der Waals surface area contributed by atoms with E-state index in [0.717, 1.165) is 43.8 Å². The molecule has 184 valence electrons. The number of hydrogen-bond donors (Lipinski definition) is 4. The first-order chi connectivity index (χ1) is 16.7. The summed E-state index contributed by atoms with van der Waals surface area (Å²) < 4.78 is 14.7. The SMILES string of the molecule is CCNCCN1CCCc2[nH]c(/C=C3\C(=O)Nc4cc(NC(=O)C(C)=O)c(F)cc43)c(C)c2C1=O. The molecule has 0 spiro atoms. The van der Waals surface area contributed by atoms with Gasteiger partial charge in [-0.1, -0.05) is 6.92 Å². The van der Waals surface area contributed by atoms with Crippen molar-refractivity contribution in [3.8, 4) is 0 Å². The van der Waals surface area contributed by atoms with Crippen LogP contribution >= 0.6 is 0 Å². The Morgan fingerprint density at radius 2 is 2.03 bits per heavy atom. The second kappa shape index (κ2) is 9.83. The number of aromatic amines is 1. The lowest BCUT2D eigenvalue weighted by atomic mass is 10.0. The number of anilines is 2. The van der Waals surface area contributed by atoms with Gasteiger partial charge in [0, 0.05) is 43.5 Å². The van der Waals surface area contributed by atoms with Gasteiger partial charge in [0.2, 0.25) is 5.78 Å². The van der Waals surface area contributed by atoms with E-state index in [0.29, 0.717) is 42.0 Å². The number of halogens is 1. The van der Waals surface area contributed by atoms with Crippen molar-refractivity contribution in [1.82, 2.24) is 15.2 Å². The summed E-state index contributed by atoms with van der Waals surface area (Å²) in [5.74, 6) is -2.95. The smallest absolute Gasteiger partial charge is 0.291 e. The van der Waals surface area contributed by atoms with Crippen LogP contribution in [0.4, 0.5) is 15.8 Å². The summed E-state index contributed by atoms with van der Waals surface area (Å²) in [5, 5.41) is 8.12. The summed E-state index contributed by atoms with van der Waals surface area (Å²) in [6.07, 6.45) is 3.15. The number of benzene rings is 1. The summed E-state index contributed by atoms with van der Waals surface area (Å²) in [4.78, 5) is 54.0. The molecule has 2 aliphatic rings. The molecule has 0 atom stereocenters. The van der Waals surface area contributed by atoms with Gasteiger partial charge in [0.05, 0.1) is 22.5 Å². The normalized spacial score (nSPS) is 16.1. The van der Waals surface area contributed by atoms with Crippen molar-refractivity contribution < 1.29 is 23.6 Å². The molecule has 0 radical (unpaired) electrons. The highest BCUT2D eigenvalue weighted by atomic mass is 19.1. The highest BCUT2D eigenvalue weighted by Crippen LogP contribution is 2.37. The van der Waals surface area contributed by atoms with E-state index in [1.807, 2.05) is 18.7 Å². The van der Waals surface area contributed by atoms with Crippen LogP contribution in [0.2, 0.25) is 0 Å². The van der Waals surface area contributed by atoms with Gasteiger partial charge in [-0.2, -0.15) is 0 Å². The molecule has 4 N–H and O–H groups in total. The number of rotatable bonds is 7. The molecular weight excluding hydrogens is 453 g/mol. The molecule has 2 aromatic rings. The van der Waals surface area contributed by atoms with Crippen molar-refractivity contribution in [2.24, 2.45) is 0 Å². The fraction of sp³-hybridized carbons (Fsp3) is 0.360. The van der Waals surface area contributed by atoms with Crippen molar-refractivity contribution in [2.75, 3.05) is 36.8 Å². The molecule has 1 aromatic heterocycles. The molecule has 0 saturated heterocycles. The zero-order valence-corrected chi connectivity index (χ0v) is 19.9. The first kappa shape index (κ1) is 24.3. The standard InChI is InChI=1S/C25H28FN5O4/c1-4-27-7-9-31-8-5-6-18-22(25(31)35)13(2)19(28-18)11-16-15-10-17(26)21(30-23(33)14(3)32)12-20(15)29-24(16)34/h10-12,27-28H,4-9H2,1-3H3,(H,29,34)(H,30,33)/b16-11-. The average molecular weight is 482 g/mol. The molecular formula is C25H28FN5O4. The van der Waals surface area contributed by atoms with Crippen LogP contribution in [-0.2, 0) is 20.8 Å². The van der Waals surface area contributed by atoms with Crippen LogP contribution in [-0.4, -0.2) is 59.6 Å². The van der Waals surface area contributed by atoms with E-state index in [1.165, 1.54) is 6.07 Å². The lowest BCUT2D eigenvalue weighted by molar-refractivity contribution is -0.133. The predicted molar refractivity (Wildman–Crippen MR) is 131 cm³/mol. The zero-order chi connectivity index (χ0) is 25.3. The van der Waals surface area contributed by atoms with Crippen LogP contribution in [0.3, 0.4) is 0 Å². The summed E-state index contributed by atoms with van der Waals surface area (Å²) in [6.45, 7) is 7.78. The van der Waals surface area contributed by atoms with Crippen molar-refractivity contribution in [2.45, 2.75) is 33.6 Å². The Morgan fingerprint density at radius 1 is 1.26 bits per heavy atom. The van der Waals surface area contributed by atoms with Crippen molar-refractivity contribution >= 4 is 46.5 Å². The van der Waals surface area contributed by atoms with Crippen LogP contribution < -0.4 is 16.0 Å². The van der Waals surface area contributed by atoms with Gasteiger partial charge in [0.1, 0.15) is 5.82 Å². The minimum absolute atomic E-state index is 0.0398. The number of aromatic nitrogens is 1. The Labute approximate surface area is 202 Å². The number of carbonyl (C=O) groups excluding carboxylic acids is 4. The molecule has 3 heterocycles. The number of H-pyrrole nitrogens is 1. The maximum absolute atomic E-state index is 14.7. The number of Topliss-reactive ketones (excluding diaryl/α,β-unsaturated/α-hetero) is 1. The number of aryl methyl sites for hydroxylation is 1. The van der Waals surface area contributed by atoms with Crippen molar-refractivity contribution in [3.63, 3.8) is 0 Å². The highest BCUT2D eigenvalue weighted by Gasteiger charge is 2.30. The van der Waals surface area contributed by atoms with Crippen LogP contribution in [0.15, 0.2) is 12.1 Å². The van der Waals surface area contributed by atoms with E-state index in [1.54, 1.807) is 6.08 Å². The van der Waals surface area contributed by atoms with Crippen LogP contribution in [0.1, 0.15) is 53.1 Å². The average Bonchev–Trinajstić information content (AvgIpc) is 3.22. The van der Waals surface area contributed by atoms with E-state index < -0.39 is 23.4 Å². The lowest BCUT2D eigenvalue weighted by Gasteiger charge is -2.21. The first-order valence-electron chi connectivity index (χ1n) is 11.6. The van der Waals surface area contributed by atoms with Gasteiger partial charge in [-0.05, 0) is 50.1 Å². The second-order valence-electron chi connectivity index (χ2n) is 8.67. The van der Waals surface area contributed by atoms with Gasteiger partial charge in [-0.15, -0.1) is 0 Å². The molecule has 0 fully saturated rings. The van der Waals surface area contributed by atoms with Gasteiger partial charge >= 0.3 is 0 Å². The third-order valence-corrected chi connectivity index (χ3v) is 6.28. The number of carbonyl (C=O) groups is 4. The Kier molecular flexibility index (Phi) is 6.83. The third kappa shape index (κ3) is 4.74. The fourth-order valence-corrected chi connectivity index (χ4v) is 4.42. The summed E-state index contributed by atoms with van der Waals surface area (Å²) in [6, 6.07) is 2.43. The largest absolute Gasteiger partial charge is 0.358 e. The van der Waals surface area contributed by atoms with E-state index in [4.69, 9.17) is 0 Å². The Bertz CT molecular complexity index is 1260. The highest BCUT2D eigenvalue weighted by molar-refractivity contribution is 6.40. The molecule has 9 nitrogen and oxygen atoms in total. The summed E-state index contributed by atoms with van der Waals surface area (Å²) in [7, 11) is 0. The molecule has 10 heteroatoms. The minimum Gasteiger partial charge on any atom is -0.358 e. The fourth-order valence-electron chi connectivity index (χ4n) is 4.42. The topological polar surface area (TPSA) is 123 Å². The van der Waals surface area contributed by atoms with E-state index in [9.17, 15) is 23.6 Å². The van der Waals surface area contributed by atoms with Crippen LogP contribution in [0.5, 0.6) is 0 Å². The molecule has 1 aromatic carbocycles. The first-order valence-corrected chi connectivity index (χ1v) is 11.6. The number of likely N-dealkylation sites (N-methyl/N-ethyl adjacent to an activating group) is 1. The molecule has 0 aliphatic carbocycles. The van der Waals surface area contributed by atoms with E-state index in [2.05, 4.69) is 20.9 Å². The van der Waals surface area contributed by atoms with Gasteiger partial charge in [-0.3, -0.25) is 19.2 Å². The van der Waals surface area contributed by atoms with Gasteiger partial charge in [-0.25, -0.2) is 4.39 Å². The molecule has 2 aliphatic heterocycles. The van der Waals surface area contributed by atoms with Gasteiger partial charge in [0.15, 0.2) is 0 Å². The molecule has 0 bridgehead atoms. The van der Waals surface area contributed by atoms with Gasteiger partial charge in [0.25, 0.3) is 17.7 Å². The van der Waals surface area contributed by atoms with Crippen LogP contribution in [0, 0.1) is 12.7 Å². The molecule has 3 amide bonds. The Hall–Kier alpha value is -3.79. The van der Waals surface area contributed by atoms with Crippen molar-refractivity contribution in [1.29, 1.82) is 0 Å². The monoisotopic (exact) mass is 481 g/mol. The Balaban J connectivity index is 1.66. The number of nitrogens with one attached hydrogen (secondary N) is 4. The zero-order valence-electron chi connectivity index (χ0n) is 19.9. The number of amides is 3. The Morgan fingerprint density at radius 3 is 2.74 bits per heavy atom. The second-order valence-corrected chi connectivity index (χ2v) is 8.67. The predicted octanol–water partition coefficient (Wildman–Crippen LogP) is 2.48. The van der Waals surface area contributed by atoms with Gasteiger partial charge < -0.3 is 25.8 Å². The molecule has 35 heavy (non-hydrogen) atoms. The summed E-state index contributed by atoms with van der Waals surface area (Å²) in [5.41, 5.74) is 3.49. The molecule has 0 unspecified atom stereocenters. The quantitative estimate of drug-likeness (QED) is 0.275. The van der Waals surface area contributed by atoms with E-state index in [-0.39, 0.29) is 17.2 Å². The maximum atomic E-state index is 14.7. The number of ketones is 1.